The zero-order valence-electron chi connectivity index (χ0n) is 9.64. The lowest BCUT2D eigenvalue weighted by Gasteiger charge is -2.36. The molecular weight excluding hydrogens is 158 g/mol. The predicted octanol–water partition coefficient (Wildman–Crippen LogP) is 3.20. The average molecular weight is 183 g/mol. The molecule has 1 aliphatic rings. The maximum absolute atomic E-state index is 3.61. The molecule has 3 atom stereocenters. The standard InChI is InChI=1S/C12H25N/c1-5-6-9(2)12-7-10(3)13-11(4)8-12/h9-13H,5-8H2,1-4H3. The van der Waals surface area contributed by atoms with Crippen LogP contribution in [0.3, 0.4) is 0 Å². The molecule has 1 fully saturated rings. The van der Waals surface area contributed by atoms with Crippen molar-refractivity contribution in [1.82, 2.24) is 5.32 Å². The fraction of sp³-hybridized carbons (Fsp3) is 1.00. The Hall–Kier alpha value is -0.0400. The Kier molecular flexibility index (Phi) is 4.24. The molecule has 1 nitrogen and oxygen atoms in total. The van der Waals surface area contributed by atoms with Crippen molar-refractivity contribution in [3.05, 3.63) is 0 Å². The van der Waals surface area contributed by atoms with E-state index in [1.165, 1.54) is 25.7 Å². The van der Waals surface area contributed by atoms with E-state index in [4.69, 9.17) is 0 Å². The molecule has 1 N–H and O–H groups in total. The maximum atomic E-state index is 3.61. The van der Waals surface area contributed by atoms with Gasteiger partial charge in [-0.05, 0) is 38.5 Å². The third-order valence-corrected chi connectivity index (χ3v) is 3.43. The van der Waals surface area contributed by atoms with Crippen molar-refractivity contribution in [1.29, 1.82) is 0 Å². The molecular formula is C12H25N. The van der Waals surface area contributed by atoms with Gasteiger partial charge in [0.1, 0.15) is 0 Å². The fourth-order valence-corrected chi connectivity index (χ4v) is 2.78. The first-order chi connectivity index (χ1) is 6.13. The number of hydrogen-bond acceptors (Lipinski definition) is 1. The van der Waals surface area contributed by atoms with Gasteiger partial charge in [0, 0.05) is 12.1 Å². The Morgan fingerprint density at radius 2 is 1.77 bits per heavy atom. The van der Waals surface area contributed by atoms with Crippen molar-refractivity contribution in [2.75, 3.05) is 0 Å². The van der Waals surface area contributed by atoms with Gasteiger partial charge in [-0.15, -0.1) is 0 Å². The molecule has 1 aliphatic heterocycles. The first kappa shape index (κ1) is 11.0. The number of hydrogen-bond donors (Lipinski definition) is 1. The molecule has 0 aromatic heterocycles. The topological polar surface area (TPSA) is 12.0 Å². The molecule has 13 heavy (non-hydrogen) atoms. The summed E-state index contributed by atoms with van der Waals surface area (Å²) in [5, 5.41) is 3.61. The molecule has 0 saturated carbocycles. The van der Waals surface area contributed by atoms with E-state index in [1.807, 2.05) is 0 Å². The van der Waals surface area contributed by atoms with Gasteiger partial charge >= 0.3 is 0 Å². The lowest BCUT2D eigenvalue weighted by molar-refractivity contribution is 0.195. The van der Waals surface area contributed by atoms with Gasteiger partial charge in [-0.2, -0.15) is 0 Å². The third kappa shape index (κ3) is 3.30. The highest BCUT2D eigenvalue weighted by Gasteiger charge is 2.26. The molecule has 3 unspecified atom stereocenters. The molecule has 0 spiro atoms. The van der Waals surface area contributed by atoms with E-state index in [0.29, 0.717) is 0 Å². The summed E-state index contributed by atoms with van der Waals surface area (Å²) >= 11 is 0. The predicted molar refractivity (Wildman–Crippen MR) is 58.9 cm³/mol. The summed E-state index contributed by atoms with van der Waals surface area (Å²) in [7, 11) is 0. The Morgan fingerprint density at radius 3 is 2.23 bits per heavy atom. The molecule has 0 amide bonds. The zero-order chi connectivity index (χ0) is 9.84. The van der Waals surface area contributed by atoms with Crippen LogP contribution in [0.15, 0.2) is 0 Å². The van der Waals surface area contributed by atoms with Gasteiger partial charge in [0.05, 0.1) is 0 Å². The summed E-state index contributed by atoms with van der Waals surface area (Å²) in [6.45, 7) is 9.37. The van der Waals surface area contributed by atoms with Gasteiger partial charge in [-0.25, -0.2) is 0 Å². The highest BCUT2D eigenvalue weighted by atomic mass is 15.0. The maximum Gasteiger partial charge on any atom is 0.00439 e. The van der Waals surface area contributed by atoms with Crippen molar-refractivity contribution >= 4 is 0 Å². The molecule has 0 radical (unpaired) electrons. The van der Waals surface area contributed by atoms with Crippen LogP contribution < -0.4 is 5.32 Å². The lowest BCUT2D eigenvalue weighted by Crippen LogP contribution is -2.43. The number of rotatable bonds is 3. The molecule has 1 heterocycles. The molecule has 1 saturated heterocycles. The summed E-state index contributed by atoms with van der Waals surface area (Å²) in [5.74, 6) is 1.89. The van der Waals surface area contributed by atoms with Gasteiger partial charge in [0.15, 0.2) is 0 Å². The van der Waals surface area contributed by atoms with Crippen molar-refractivity contribution in [3.8, 4) is 0 Å². The highest BCUT2D eigenvalue weighted by Crippen LogP contribution is 2.29. The second kappa shape index (κ2) is 4.99. The van der Waals surface area contributed by atoms with E-state index < -0.39 is 0 Å². The zero-order valence-corrected chi connectivity index (χ0v) is 9.64. The summed E-state index contributed by atoms with van der Waals surface area (Å²) in [4.78, 5) is 0. The van der Waals surface area contributed by atoms with E-state index in [-0.39, 0.29) is 0 Å². The second-order valence-corrected chi connectivity index (χ2v) is 4.97. The van der Waals surface area contributed by atoms with Gasteiger partial charge in [-0.3, -0.25) is 0 Å². The number of piperidine rings is 1. The molecule has 1 rings (SSSR count). The minimum absolute atomic E-state index is 0.730. The van der Waals surface area contributed by atoms with Crippen LogP contribution in [0, 0.1) is 11.8 Å². The Labute approximate surface area is 83.3 Å². The second-order valence-electron chi connectivity index (χ2n) is 4.97. The van der Waals surface area contributed by atoms with E-state index in [0.717, 1.165) is 23.9 Å². The highest BCUT2D eigenvalue weighted by molar-refractivity contribution is 4.82. The van der Waals surface area contributed by atoms with Gasteiger partial charge in [0.2, 0.25) is 0 Å². The molecule has 0 aromatic carbocycles. The van der Waals surface area contributed by atoms with E-state index in [9.17, 15) is 0 Å². The Morgan fingerprint density at radius 1 is 1.23 bits per heavy atom. The Bertz CT molecular complexity index is 134. The van der Waals surface area contributed by atoms with Gasteiger partial charge in [-0.1, -0.05) is 26.7 Å². The van der Waals surface area contributed by atoms with Crippen LogP contribution in [0.25, 0.3) is 0 Å². The Balaban J connectivity index is 2.40. The molecule has 0 aromatic rings. The van der Waals surface area contributed by atoms with E-state index in [2.05, 4.69) is 33.0 Å². The fourth-order valence-electron chi connectivity index (χ4n) is 2.78. The summed E-state index contributed by atoms with van der Waals surface area (Å²) in [6, 6.07) is 1.46. The monoisotopic (exact) mass is 183 g/mol. The van der Waals surface area contributed by atoms with Gasteiger partial charge in [0.25, 0.3) is 0 Å². The van der Waals surface area contributed by atoms with Crippen LogP contribution >= 0.6 is 0 Å². The lowest BCUT2D eigenvalue weighted by atomic mass is 9.79. The normalized spacial score (nSPS) is 37.4. The van der Waals surface area contributed by atoms with Crippen LogP contribution in [0.4, 0.5) is 0 Å². The average Bonchev–Trinajstić information content (AvgIpc) is 2.03. The molecule has 0 aliphatic carbocycles. The minimum atomic E-state index is 0.730. The number of nitrogens with one attached hydrogen (secondary N) is 1. The summed E-state index contributed by atoms with van der Waals surface area (Å²) in [5.41, 5.74) is 0. The third-order valence-electron chi connectivity index (χ3n) is 3.43. The molecule has 1 heteroatoms. The van der Waals surface area contributed by atoms with Crippen molar-refractivity contribution in [3.63, 3.8) is 0 Å². The van der Waals surface area contributed by atoms with Crippen molar-refractivity contribution in [2.45, 2.75) is 65.5 Å². The smallest absolute Gasteiger partial charge is 0.00439 e. The van der Waals surface area contributed by atoms with E-state index >= 15 is 0 Å². The van der Waals surface area contributed by atoms with Gasteiger partial charge < -0.3 is 5.32 Å². The van der Waals surface area contributed by atoms with E-state index in [1.54, 1.807) is 0 Å². The molecule has 78 valence electrons. The van der Waals surface area contributed by atoms with Crippen LogP contribution in [-0.2, 0) is 0 Å². The van der Waals surface area contributed by atoms with Crippen LogP contribution in [0.1, 0.15) is 53.4 Å². The van der Waals surface area contributed by atoms with Crippen molar-refractivity contribution < 1.29 is 0 Å². The van der Waals surface area contributed by atoms with Crippen LogP contribution in [0.2, 0.25) is 0 Å². The first-order valence-electron chi connectivity index (χ1n) is 5.89. The van der Waals surface area contributed by atoms with Crippen LogP contribution in [0.5, 0.6) is 0 Å². The SMILES string of the molecule is CCCC(C)C1CC(C)NC(C)C1. The largest absolute Gasteiger partial charge is 0.312 e. The quantitative estimate of drug-likeness (QED) is 0.708. The summed E-state index contributed by atoms with van der Waals surface area (Å²) in [6.07, 6.45) is 5.51. The minimum Gasteiger partial charge on any atom is -0.312 e. The summed E-state index contributed by atoms with van der Waals surface area (Å²) < 4.78 is 0. The first-order valence-corrected chi connectivity index (χ1v) is 5.89. The van der Waals surface area contributed by atoms with Crippen LogP contribution in [-0.4, -0.2) is 12.1 Å². The van der Waals surface area contributed by atoms with Crippen molar-refractivity contribution in [2.24, 2.45) is 11.8 Å². The molecule has 0 bridgehead atoms.